The number of anilines is 1. The van der Waals surface area contributed by atoms with Gasteiger partial charge in [0.1, 0.15) is 5.75 Å². The standard InChI is InChI=1S/C16H14Br3N3O2/c1-9-3-2-4-10(5-9)20-8-14(23)22-21-7-11-12(17)6-13(18)16(24)15(11)19/h2-7,20,24H,8H2,1H3,(H,22,23)/b21-7-. The van der Waals surface area contributed by atoms with Crippen LogP contribution in [-0.2, 0) is 4.79 Å². The molecular weight excluding hydrogens is 506 g/mol. The summed E-state index contributed by atoms with van der Waals surface area (Å²) < 4.78 is 1.74. The number of rotatable bonds is 5. The normalized spacial score (nSPS) is 10.8. The van der Waals surface area contributed by atoms with Gasteiger partial charge in [-0.25, -0.2) is 5.43 Å². The molecule has 1 amide bonds. The Morgan fingerprint density at radius 2 is 2.00 bits per heavy atom. The van der Waals surface area contributed by atoms with Gasteiger partial charge in [-0.3, -0.25) is 4.79 Å². The molecule has 2 aromatic rings. The van der Waals surface area contributed by atoms with Crippen LogP contribution < -0.4 is 10.7 Å². The number of halogens is 3. The highest BCUT2D eigenvalue weighted by molar-refractivity contribution is 9.11. The number of nitrogens with zero attached hydrogens (tertiary/aromatic N) is 1. The molecule has 0 spiro atoms. The van der Waals surface area contributed by atoms with Crippen molar-refractivity contribution in [3.63, 3.8) is 0 Å². The maximum atomic E-state index is 11.8. The number of hydrazone groups is 1. The predicted molar refractivity (Wildman–Crippen MR) is 107 cm³/mol. The topological polar surface area (TPSA) is 73.7 Å². The van der Waals surface area contributed by atoms with Crippen molar-refractivity contribution < 1.29 is 9.90 Å². The Kier molecular flexibility index (Phi) is 6.82. The molecule has 0 unspecified atom stereocenters. The van der Waals surface area contributed by atoms with Gasteiger partial charge in [0.05, 0.1) is 21.7 Å². The van der Waals surface area contributed by atoms with Crippen LogP contribution in [0.2, 0.25) is 0 Å². The summed E-state index contributed by atoms with van der Waals surface area (Å²) in [6.07, 6.45) is 1.45. The van der Waals surface area contributed by atoms with Crippen molar-refractivity contribution >= 4 is 65.6 Å². The highest BCUT2D eigenvalue weighted by Gasteiger charge is 2.12. The lowest BCUT2D eigenvalue weighted by molar-refractivity contribution is -0.119. The van der Waals surface area contributed by atoms with E-state index in [0.29, 0.717) is 14.5 Å². The number of phenolic OH excluding ortho intramolecular Hbond substituents is 1. The number of amides is 1. The van der Waals surface area contributed by atoms with Crippen LogP contribution in [0.5, 0.6) is 5.75 Å². The molecule has 3 N–H and O–H groups in total. The van der Waals surface area contributed by atoms with Crippen LogP contribution in [0, 0.1) is 6.92 Å². The Balaban J connectivity index is 1.94. The molecule has 0 fully saturated rings. The lowest BCUT2D eigenvalue weighted by Crippen LogP contribution is -2.25. The number of phenols is 1. The maximum absolute atomic E-state index is 11.8. The van der Waals surface area contributed by atoms with E-state index < -0.39 is 0 Å². The molecule has 2 rings (SSSR count). The number of aromatic hydroxyl groups is 1. The number of aryl methyl sites for hydroxylation is 1. The minimum absolute atomic E-state index is 0.0621. The Labute approximate surface area is 164 Å². The first-order chi connectivity index (χ1) is 11.4. The van der Waals surface area contributed by atoms with E-state index in [0.717, 1.165) is 15.7 Å². The van der Waals surface area contributed by atoms with Crippen LogP contribution in [-0.4, -0.2) is 23.8 Å². The Hall–Kier alpha value is -1.38. The molecule has 0 atom stereocenters. The second kappa shape index (κ2) is 8.64. The van der Waals surface area contributed by atoms with Crippen molar-refractivity contribution in [1.29, 1.82) is 0 Å². The fraction of sp³-hybridized carbons (Fsp3) is 0.125. The zero-order valence-corrected chi connectivity index (χ0v) is 17.4. The molecule has 8 heteroatoms. The van der Waals surface area contributed by atoms with Crippen molar-refractivity contribution in [2.24, 2.45) is 5.10 Å². The quantitative estimate of drug-likeness (QED) is 0.401. The number of benzene rings is 2. The van der Waals surface area contributed by atoms with Crippen LogP contribution >= 0.6 is 47.8 Å². The third-order valence-corrected chi connectivity index (χ3v) is 5.10. The van der Waals surface area contributed by atoms with Crippen molar-refractivity contribution in [2.75, 3.05) is 11.9 Å². The van der Waals surface area contributed by atoms with Gasteiger partial charge in [-0.1, -0.05) is 28.1 Å². The molecular formula is C16H14Br3N3O2. The third kappa shape index (κ3) is 5.06. The SMILES string of the molecule is Cc1cccc(NCC(=O)N/N=C\c2c(Br)cc(Br)c(O)c2Br)c1. The Morgan fingerprint density at radius 1 is 1.25 bits per heavy atom. The summed E-state index contributed by atoms with van der Waals surface area (Å²) in [4.78, 5) is 11.8. The van der Waals surface area contributed by atoms with Crippen LogP contribution in [0.15, 0.2) is 48.9 Å². The lowest BCUT2D eigenvalue weighted by Gasteiger charge is -2.07. The molecule has 126 valence electrons. The van der Waals surface area contributed by atoms with Crippen LogP contribution in [0.4, 0.5) is 5.69 Å². The van der Waals surface area contributed by atoms with E-state index in [-0.39, 0.29) is 18.2 Å². The summed E-state index contributed by atoms with van der Waals surface area (Å²) in [6.45, 7) is 2.09. The molecule has 0 heterocycles. The fourth-order valence-electron chi connectivity index (χ4n) is 1.86. The van der Waals surface area contributed by atoms with Gasteiger partial charge in [-0.2, -0.15) is 5.10 Å². The molecule has 0 bridgehead atoms. The molecule has 0 saturated carbocycles. The van der Waals surface area contributed by atoms with E-state index in [4.69, 9.17) is 0 Å². The number of hydrogen-bond acceptors (Lipinski definition) is 4. The largest absolute Gasteiger partial charge is 0.506 e. The average Bonchev–Trinajstić information content (AvgIpc) is 2.54. The van der Waals surface area contributed by atoms with Crippen LogP contribution in [0.3, 0.4) is 0 Å². The predicted octanol–water partition coefficient (Wildman–Crippen LogP) is 4.55. The van der Waals surface area contributed by atoms with Crippen molar-refractivity contribution in [3.8, 4) is 5.75 Å². The van der Waals surface area contributed by atoms with Gasteiger partial charge in [-0.05, 0) is 62.5 Å². The highest BCUT2D eigenvalue weighted by Crippen LogP contribution is 2.38. The van der Waals surface area contributed by atoms with Crippen LogP contribution in [0.25, 0.3) is 0 Å². The van der Waals surface area contributed by atoms with E-state index in [9.17, 15) is 9.90 Å². The van der Waals surface area contributed by atoms with Crippen molar-refractivity contribution in [2.45, 2.75) is 6.92 Å². The smallest absolute Gasteiger partial charge is 0.259 e. The van der Waals surface area contributed by atoms with Gasteiger partial charge in [0.15, 0.2) is 0 Å². The zero-order chi connectivity index (χ0) is 17.7. The molecule has 0 aliphatic carbocycles. The monoisotopic (exact) mass is 517 g/mol. The van der Waals surface area contributed by atoms with Gasteiger partial charge in [-0.15, -0.1) is 0 Å². The Morgan fingerprint density at radius 3 is 2.71 bits per heavy atom. The molecule has 24 heavy (non-hydrogen) atoms. The Bertz CT molecular complexity index is 794. The summed E-state index contributed by atoms with van der Waals surface area (Å²) in [5.74, 6) is -0.214. The molecule has 5 nitrogen and oxygen atoms in total. The molecule has 2 aromatic carbocycles. The van der Waals surface area contributed by atoms with E-state index in [1.165, 1.54) is 6.21 Å². The minimum Gasteiger partial charge on any atom is -0.506 e. The van der Waals surface area contributed by atoms with Gasteiger partial charge in [0.2, 0.25) is 0 Å². The second-order valence-electron chi connectivity index (χ2n) is 4.93. The number of carbonyl (C=O) groups excluding carboxylic acids is 1. The molecule has 0 aromatic heterocycles. The number of carbonyl (C=O) groups is 1. The van der Waals surface area contributed by atoms with E-state index in [2.05, 4.69) is 63.6 Å². The maximum Gasteiger partial charge on any atom is 0.259 e. The third-order valence-electron chi connectivity index (χ3n) is 3.04. The minimum atomic E-state index is -0.277. The molecule has 0 aliphatic heterocycles. The van der Waals surface area contributed by atoms with Gasteiger partial charge in [0, 0.05) is 15.7 Å². The van der Waals surface area contributed by atoms with E-state index >= 15 is 0 Å². The van der Waals surface area contributed by atoms with Gasteiger partial charge >= 0.3 is 0 Å². The second-order valence-corrected chi connectivity index (χ2v) is 7.43. The summed E-state index contributed by atoms with van der Waals surface area (Å²) in [5, 5.41) is 16.8. The molecule has 0 aliphatic rings. The van der Waals surface area contributed by atoms with Crippen molar-refractivity contribution in [1.82, 2.24) is 5.43 Å². The fourth-order valence-corrected chi connectivity index (χ4v) is 4.18. The van der Waals surface area contributed by atoms with Crippen molar-refractivity contribution in [3.05, 3.63) is 54.9 Å². The summed E-state index contributed by atoms with van der Waals surface area (Å²) >= 11 is 9.91. The molecule has 0 saturated heterocycles. The first-order valence-electron chi connectivity index (χ1n) is 6.87. The summed E-state index contributed by atoms with van der Waals surface area (Å²) in [7, 11) is 0. The van der Waals surface area contributed by atoms with E-state index in [1.54, 1.807) is 6.07 Å². The summed E-state index contributed by atoms with van der Waals surface area (Å²) in [6, 6.07) is 9.45. The summed E-state index contributed by atoms with van der Waals surface area (Å²) in [5.41, 5.74) is 5.04. The molecule has 0 radical (unpaired) electrons. The number of hydrogen-bond donors (Lipinski definition) is 3. The zero-order valence-electron chi connectivity index (χ0n) is 12.6. The van der Waals surface area contributed by atoms with Gasteiger partial charge in [0.25, 0.3) is 5.91 Å². The first kappa shape index (κ1) is 19.0. The highest BCUT2D eigenvalue weighted by atomic mass is 79.9. The van der Waals surface area contributed by atoms with Gasteiger partial charge < -0.3 is 10.4 Å². The first-order valence-corrected chi connectivity index (χ1v) is 9.25. The van der Waals surface area contributed by atoms with Crippen LogP contribution in [0.1, 0.15) is 11.1 Å². The number of nitrogens with one attached hydrogen (secondary N) is 2. The van der Waals surface area contributed by atoms with E-state index in [1.807, 2.05) is 31.2 Å². The average molecular weight is 520 g/mol. The lowest BCUT2D eigenvalue weighted by atomic mass is 10.2.